The summed E-state index contributed by atoms with van der Waals surface area (Å²) in [6.07, 6.45) is 0. The second-order valence-electron chi connectivity index (χ2n) is 9.50. The Balaban J connectivity index is 1.99. The Labute approximate surface area is 183 Å². The third-order valence-corrected chi connectivity index (χ3v) is 5.16. The number of imidazole rings is 1. The monoisotopic (exact) mass is 420 g/mol. The highest BCUT2D eigenvalue weighted by Gasteiger charge is 2.19. The van der Waals surface area contributed by atoms with Crippen LogP contribution in [0.1, 0.15) is 31.9 Å². The molecule has 7 nitrogen and oxygen atoms in total. The van der Waals surface area contributed by atoms with Crippen molar-refractivity contribution >= 4 is 11.2 Å². The Morgan fingerprint density at radius 1 is 1.19 bits per heavy atom. The zero-order chi connectivity index (χ0) is 22.8. The van der Waals surface area contributed by atoms with E-state index < -0.39 is 0 Å². The number of aromatic nitrogens is 3. The lowest BCUT2D eigenvalue weighted by atomic mass is 9.97. The molecule has 3 aromatic rings. The fourth-order valence-electron chi connectivity index (χ4n) is 3.60. The van der Waals surface area contributed by atoms with E-state index in [4.69, 9.17) is 4.98 Å². The molecule has 0 saturated heterocycles. The lowest BCUT2D eigenvalue weighted by Crippen LogP contribution is -2.27. The van der Waals surface area contributed by atoms with E-state index in [2.05, 4.69) is 37.1 Å². The number of nitrogens with zero attached hydrogens (tertiary/aromatic N) is 5. The van der Waals surface area contributed by atoms with Gasteiger partial charge >= 0.3 is 5.69 Å². The summed E-state index contributed by atoms with van der Waals surface area (Å²) in [4.78, 5) is 19.7. The van der Waals surface area contributed by atoms with E-state index >= 15 is 0 Å². The van der Waals surface area contributed by atoms with E-state index in [0.717, 1.165) is 36.3 Å². The minimum Gasteiger partial charge on any atom is -0.311 e. The smallest absolute Gasteiger partial charge is 0.311 e. The summed E-state index contributed by atoms with van der Waals surface area (Å²) in [5.41, 5.74) is 4.48. The topological polar surface area (TPSA) is 78.9 Å². The standard InChI is InChI=1S/C24H32N6O/c1-24(2,3)16-30-21-10-9-20(27-22(21)29(6)23(30)31)19-13-17(7-8-18(19)14-25)15-26-11-12-28(4)5/h7-10,13,26H,11-12,15-16H2,1-6H3. The lowest BCUT2D eigenvalue weighted by Gasteiger charge is -2.18. The second-order valence-corrected chi connectivity index (χ2v) is 9.50. The van der Waals surface area contributed by atoms with E-state index in [1.165, 1.54) is 0 Å². The number of aryl methyl sites for hydroxylation is 1. The van der Waals surface area contributed by atoms with E-state index in [0.29, 0.717) is 23.4 Å². The molecule has 0 fully saturated rings. The van der Waals surface area contributed by atoms with Crippen LogP contribution < -0.4 is 11.0 Å². The SMILES string of the molecule is CN(C)CCNCc1ccc(C#N)c(-c2ccc3c(n2)n(C)c(=O)n3CC(C)(C)C)c1. The average molecular weight is 421 g/mol. The van der Waals surface area contributed by atoms with Gasteiger partial charge in [0.05, 0.1) is 22.8 Å². The molecule has 0 aliphatic carbocycles. The molecule has 1 aromatic carbocycles. The summed E-state index contributed by atoms with van der Waals surface area (Å²) in [7, 11) is 5.84. The van der Waals surface area contributed by atoms with Gasteiger partial charge in [-0.3, -0.25) is 9.13 Å². The highest BCUT2D eigenvalue weighted by Crippen LogP contribution is 2.26. The largest absolute Gasteiger partial charge is 0.330 e. The van der Waals surface area contributed by atoms with Crippen molar-refractivity contribution in [3.8, 4) is 17.3 Å². The van der Waals surface area contributed by atoms with Gasteiger partial charge in [-0.1, -0.05) is 26.8 Å². The summed E-state index contributed by atoms with van der Waals surface area (Å²) < 4.78 is 3.37. The maximum Gasteiger partial charge on any atom is 0.330 e. The van der Waals surface area contributed by atoms with E-state index in [1.807, 2.05) is 44.4 Å². The third kappa shape index (κ3) is 5.22. The Morgan fingerprint density at radius 3 is 2.58 bits per heavy atom. The molecule has 2 aromatic heterocycles. The fourth-order valence-corrected chi connectivity index (χ4v) is 3.60. The fraction of sp³-hybridized carbons (Fsp3) is 0.458. The van der Waals surface area contributed by atoms with Gasteiger partial charge in [-0.05, 0) is 49.3 Å². The van der Waals surface area contributed by atoms with Crippen LogP contribution in [0.5, 0.6) is 0 Å². The molecule has 0 aliphatic heterocycles. The van der Waals surface area contributed by atoms with Crippen molar-refractivity contribution in [3.63, 3.8) is 0 Å². The second kappa shape index (κ2) is 9.04. The number of benzene rings is 1. The van der Waals surface area contributed by atoms with Crippen LogP contribution in [0.2, 0.25) is 0 Å². The van der Waals surface area contributed by atoms with E-state index in [1.54, 1.807) is 16.2 Å². The van der Waals surface area contributed by atoms with Crippen molar-refractivity contribution in [2.45, 2.75) is 33.9 Å². The normalized spacial score (nSPS) is 11.9. The van der Waals surface area contributed by atoms with Gasteiger partial charge in [0, 0.05) is 38.8 Å². The molecule has 0 unspecified atom stereocenters. The minimum absolute atomic E-state index is 0.0291. The summed E-state index contributed by atoms with van der Waals surface area (Å²) in [5, 5.41) is 13.1. The van der Waals surface area contributed by atoms with Crippen LogP contribution in [0.25, 0.3) is 22.4 Å². The maximum atomic E-state index is 12.8. The number of hydrogen-bond donors (Lipinski definition) is 1. The summed E-state index contributed by atoms with van der Waals surface area (Å²) in [5.74, 6) is 0. The molecule has 0 aliphatic rings. The van der Waals surface area contributed by atoms with Crippen LogP contribution in [0.15, 0.2) is 35.1 Å². The Hall–Kier alpha value is -2.95. The summed E-state index contributed by atoms with van der Waals surface area (Å²) >= 11 is 0. The minimum atomic E-state index is -0.0751. The first-order valence-corrected chi connectivity index (χ1v) is 10.6. The van der Waals surface area contributed by atoms with Crippen LogP contribution in [0.3, 0.4) is 0 Å². The molecule has 0 amide bonds. The van der Waals surface area contributed by atoms with Gasteiger partial charge in [0.15, 0.2) is 5.65 Å². The first kappa shape index (κ1) is 22.7. The molecule has 164 valence electrons. The molecule has 0 radical (unpaired) electrons. The molecular formula is C24H32N6O. The number of pyridine rings is 1. The van der Waals surface area contributed by atoms with Gasteiger partial charge in [-0.25, -0.2) is 9.78 Å². The zero-order valence-corrected chi connectivity index (χ0v) is 19.4. The Bertz CT molecular complexity index is 1170. The third-order valence-electron chi connectivity index (χ3n) is 5.16. The predicted octanol–water partition coefficient (Wildman–Crippen LogP) is 2.97. The van der Waals surface area contributed by atoms with Gasteiger partial charge in [0.1, 0.15) is 0 Å². The van der Waals surface area contributed by atoms with Crippen LogP contribution in [0.4, 0.5) is 0 Å². The van der Waals surface area contributed by atoms with Gasteiger partial charge in [0.25, 0.3) is 0 Å². The van der Waals surface area contributed by atoms with Crippen molar-refractivity contribution in [2.75, 3.05) is 27.2 Å². The molecule has 0 spiro atoms. The van der Waals surface area contributed by atoms with Crippen molar-refractivity contribution in [1.29, 1.82) is 5.26 Å². The van der Waals surface area contributed by atoms with E-state index in [9.17, 15) is 10.1 Å². The number of fused-ring (bicyclic) bond motifs is 1. The molecule has 0 saturated carbocycles. The molecule has 7 heteroatoms. The van der Waals surface area contributed by atoms with Crippen molar-refractivity contribution in [2.24, 2.45) is 12.5 Å². The number of nitrogens with one attached hydrogen (secondary N) is 1. The highest BCUT2D eigenvalue weighted by atomic mass is 16.1. The summed E-state index contributed by atoms with van der Waals surface area (Å²) in [6.45, 7) is 9.50. The zero-order valence-electron chi connectivity index (χ0n) is 19.4. The Kier molecular flexibility index (Phi) is 6.63. The lowest BCUT2D eigenvalue weighted by molar-refractivity contribution is 0.342. The average Bonchev–Trinajstić information content (AvgIpc) is 2.94. The molecular weight excluding hydrogens is 388 g/mol. The van der Waals surface area contributed by atoms with Crippen LogP contribution in [-0.2, 0) is 20.1 Å². The van der Waals surface area contributed by atoms with Crippen molar-refractivity contribution in [1.82, 2.24) is 24.3 Å². The molecule has 2 heterocycles. The van der Waals surface area contributed by atoms with Crippen LogP contribution in [0, 0.1) is 16.7 Å². The molecule has 0 bridgehead atoms. The predicted molar refractivity (Wildman–Crippen MR) is 125 cm³/mol. The molecule has 31 heavy (non-hydrogen) atoms. The highest BCUT2D eigenvalue weighted by molar-refractivity contribution is 5.78. The van der Waals surface area contributed by atoms with Crippen molar-refractivity contribution in [3.05, 3.63) is 51.9 Å². The van der Waals surface area contributed by atoms with Gasteiger partial charge in [-0.2, -0.15) is 5.26 Å². The summed E-state index contributed by atoms with van der Waals surface area (Å²) in [6, 6.07) is 11.9. The van der Waals surface area contributed by atoms with Gasteiger partial charge in [-0.15, -0.1) is 0 Å². The van der Waals surface area contributed by atoms with Gasteiger partial charge in [0.2, 0.25) is 0 Å². The number of hydrogen-bond acceptors (Lipinski definition) is 5. The number of nitriles is 1. The molecule has 3 rings (SSSR count). The van der Waals surface area contributed by atoms with Crippen LogP contribution >= 0.6 is 0 Å². The van der Waals surface area contributed by atoms with Crippen LogP contribution in [-0.4, -0.2) is 46.2 Å². The van der Waals surface area contributed by atoms with Gasteiger partial charge < -0.3 is 10.2 Å². The first-order chi connectivity index (χ1) is 14.6. The molecule has 0 atom stereocenters. The quantitative estimate of drug-likeness (QED) is 0.595. The first-order valence-electron chi connectivity index (χ1n) is 10.6. The maximum absolute atomic E-state index is 12.8. The number of likely N-dealkylation sites (N-methyl/N-ethyl adjacent to an activating group) is 1. The molecule has 1 N–H and O–H groups in total. The Morgan fingerprint density at radius 2 is 1.94 bits per heavy atom. The number of rotatable bonds is 7. The van der Waals surface area contributed by atoms with Crippen molar-refractivity contribution < 1.29 is 0 Å². The van der Waals surface area contributed by atoms with E-state index in [-0.39, 0.29) is 11.1 Å².